The molecule has 0 spiro atoms. The number of carbonyl (C=O) groups is 1. The van der Waals surface area contributed by atoms with Crippen molar-refractivity contribution in [1.82, 2.24) is 4.57 Å². The number of aromatic nitrogens is 1. The van der Waals surface area contributed by atoms with Crippen LogP contribution in [0.5, 0.6) is 0 Å². The third kappa shape index (κ3) is 15.7. The Kier molecular flexibility index (Phi) is 23.6. The number of unbranched alkanes of at least 4 members (excludes halogenated alkanes) is 10. The van der Waals surface area contributed by atoms with E-state index in [0.717, 1.165) is 28.8 Å². The molecule has 1 aromatic heterocycles. The molecule has 12 heteroatoms. The number of carbonyl (C=O) groups excluding carboxylic acids is 1. The third-order valence-electron chi connectivity index (χ3n) is 24.0. The summed E-state index contributed by atoms with van der Waals surface area (Å²) in [6, 6.07) is 79.0. The summed E-state index contributed by atoms with van der Waals surface area (Å²) in [6.45, 7) is 28.4. The predicted molar refractivity (Wildman–Crippen MR) is 464 cm³/mol. The highest BCUT2D eigenvalue weighted by Gasteiger charge is 2.55. The minimum Gasteiger partial charge on any atom is -0.399 e. The number of hydrogen-bond acceptors (Lipinski definition) is 5. The second-order valence-corrected chi connectivity index (χ2v) is 36.8. The first-order chi connectivity index (χ1) is 51.1. The van der Waals surface area contributed by atoms with E-state index in [0.29, 0.717) is 11.1 Å². The molecule has 2 saturated heterocycles. The van der Waals surface area contributed by atoms with Gasteiger partial charge in [-0.2, -0.15) is 0 Å². The van der Waals surface area contributed by atoms with Crippen molar-refractivity contribution in [2.45, 2.75) is 219 Å². The number of nitrogens with zero attached hydrogens (tertiary/aromatic N) is 1. The highest BCUT2D eigenvalue weighted by Crippen LogP contribution is 2.62. The van der Waals surface area contributed by atoms with Crippen LogP contribution >= 0.6 is 63.7 Å². The molecular formula is C95H103B2Br4NO5. The van der Waals surface area contributed by atoms with Crippen molar-refractivity contribution in [3.8, 4) is 27.9 Å². The molecule has 15 rings (SSSR count). The molecule has 0 N–H and O–H groups in total. The Bertz CT molecular complexity index is 4740. The van der Waals surface area contributed by atoms with Gasteiger partial charge in [-0.3, -0.25) is 4.79 Å². The van der Waals surface area contributed by atoms with Crippen molar-refractivity contribution in [1.29, 1.82) is 0 Å². The lowest BCUT2D eigenvalue weighted by Gasteiger charge is -2.35. The van der Waals surface area contributed by atoms with Crippen LogP contribution in [0.1, 0.15) is 235 Å². The minimum absolute atomic E-state index is 0.00830. The van der Waals surface area contributed by atoms with Crippen molar-refractivity contribution in [3.63, 3.8) is 0 Å². The van der Waals surface area contributed by atoms with E-state index in [-0.39, 0.29) is 16.6 Å². The number of ketones is 1. The zero-order valence-corrected chi connectivity index (χ0v) is 71.2. The van der Waals surface area contributed by atoms with E-state index in [1.54, 1.807) is 11.1 Å². The summed E-state index contributed by atoms with van der Waals surface area (Å²) >= 11 is 13.9. The number of benzene rings is 10. The quantitative estimate of drug-likeness (QED) is 0.0408. The molecule has 2 aliphatic heterocycles. The fraction of sp³-hybridized carbons (Fsp3) is 0.358. The average molecular weight is 1680 g/mol. The van der Waals surface area contributed by atoms with Crippen LogP contribution in [0.15, 0.2) is 236 Å². The summed E-state index contributed by atoms with van der Waals surface area (Å²) in [6.07, 6.45) is 18.1. The largest absolute Gasteiger partial charge is 0.494 e. The van der Waals surface area contributed by atoms with Crippen molar-refractivity contribution in [2.75, 3.05) is 0 Å². The maximum absolute atomic E-state index is 12.0. The molecular weight excluding hydrogens is 1580 g/mol. The maximum atomic E-state index is 12.0. The topological polar surface area (TPSA) is 58.9 Å². The van der Waals surface area contributed by atoms with Crippen molar-refractivity contribution < 1.29 is 23.4 Å². The van der Waals surface area contributed by atoms with Gasteiger partial charge in [0.1, 0.15) is 0 Å². The van der Waals surface area contributed by atoms with Crippen LogP contribution in [0.3, 0.4) is 0 Å². The first-order valence-electron chi connectivity index (χ1n) is 39.0. The van der Waals surface area contributed by atoms with Gasteiger partial charge in [-0.05, 0) is 255 Å². The lowest BCUT2D eigenvalue weighted by atomic mass is 9.65. The van der Waals surface area contributed by atoms with E-state index in [1.807, 2.05) is 48.5 Å². The van der Waals surface area contributed by atoms with Gasteiger partial charge in [-0.25, -0.2) is 0 Å². The van der Waals surface area contributed by atoms with Crippen LogP contribution in [-0.2, 0) is 34.9 Å². The Labute approximate surface area is 671 Å². The maximum Gasteiger partial charge on any atom is 0.494 e. The molecule has 11 aromatic rings. The normalized spacial score (nSPS) is 16.5. The molecule has 0 atom stereocenters. The molecule has 0 unspecified atom stereocenters. The zero-order chi connectivity index (χ0) is 75.8. The van der Waals surface area contributed by atoms with Gasteiger partial charge in [-0.1, -0.05) is 285 Å². The SMILES string of the molecule is CC(C)(C)c1ccc(-n2c3ccc(Br)cc3c3cc(Br)ccc32)cc1.CCCCCCCCC1(CCCCCCCC)c2ccccc2-c2cc3c(cc21)-c1ccccc1C3(c1ccc(B2OC(C)(C)C(C)(C)O2)cc1)c1ccc(B2OC(C)(C)C(C)(C)O2)cc1.O=C(c1ccc(Br)cc1)c1ccc(Br)cc1. The molecule has 2 aliphatic carbocycles. The molecule has 0 amide bonds. The third-order valence-corrected chi connectivity index (χ3v) is 26.0. The Hall–Kier alpha value is -6.44. The van der Waals surface area contributed by atoms with Gasteiger partial charge in [0.2, 0.25) is 0 Å². The molecule has 552 valence electrons. The Morgan fingerprint density at radius 2 is 0.757 bits per heavy atom. The van der Waals surface area contributed by atoms with Crippen molar-refractivity contribution in [2.24, 2.45) is 0 Å². The molecule has 4 aliphatic rings. The molecule has 3 heterocycles. The second-order valence-electron chi connectivity index (χ2n) is 33.1. The van der Waals surface area contributed by atoms with Gasteiger partial charge >= 0.3 is 14.2 Å². The smallest absolute Gasteiger partial charge is 0.399 e. The molecule has 0 radical (unpaired) electrons. The van der Waals surface area contributed by atoms with E-state index in [4.69, 9.17) is 18.6 Å². The van der Waals surface area contributed by atoms with Crippen molar-refractivity contribution in [3.05, 3.63) is 286 Å². The Balaban J connectivity index is 0.000000198. The van der Waals surface area contributed by atoms with E-state index < -0.39 is 42.1 Å². The summed E-state index contributed by atoms with van der Waals surface area (Å²) in [4.78, 5) is 12.0. The number of hydrogen-bond donors (Lipinski definition) is 0. The van der Waals surface area contributed by atoms with Gasteiger partial charge in [0, 0.05) is 50.9 Å². The van der Waals surface area contributed by atoms with Gasteiger partial charge in [0.15, 0.2) is 5.78 Å². The minimum atomic E-state index is -0.595. The highest BCUT2D eigenvalue weighted by molar-refractivity contribution is 9.11. The van der Waals surface area contributed by atoms with Crippen LogP contribution in [-0.4, -0.2) is 47.0 Å². The summed E-state index contributed by atoms with van der Waals surface area (Å²) < 4.78 is 32.8. The Morgan fingerprint density at radius 3 is 1.19 bits per heavy atom. The van der Waals surface area contributed by atoms with Gasteiger partial charge in [-0.15, -0.1) is 0 Å². The van der Waals surface area contributed by atoms with Crippen LogP contribution < -0.4 is 10.9 Å². The average Bonchev–Trinajstić information content (AvgIpc) is 1.52. The molecule has 0 saturated carbocycles. The fourth-order valence-electron chi connectivity index (χ4n) is 16.6. The van der Waals surface area contributed by atoms with Crippen LogP contribution in [0.2, 0.25) is 0 Å². The van der Waals surface area contributed by atoms with Gasteiger partial charge < -0.3 is 23.2 Å². The summed E-state index contributed by atoms with van der Waals surface area (Å²) in [5, 5.41) is 2.51. The summed E-state index contributed by atoms with van der Waals surface area (Å²) in [7, 11) is -0.873. The van der Waals surface area contributed by atoms with Crippen LogP contribution in [0.25, 0.3) is 49.7 Å². The first kappa shape index (κ1) is 78.7. The van der Waals surface area contributed by atoms with Crippen molar-refractivity contribution >= 4 is 116 Å². The monoisotopic (exact) mass is 1680 g/mol. The molecule has 0 bridgehead atoms. The van der Waals surface area contributed by atoms with E-state index >= 15 is 0 Å². The van der Waals surface area contributed by atoms with E-state index in [9.17, 15) is 4.79 Å². The zero-order valence-electron chi connectivity index (χ0n) is 64.8. The van der Waals surface area contributed by atoms with Gasteiger partial charge in [0.25, 0.3) is 0 Å². The Morgan fingerprint density at radius 1 is 0.383 bits per heavy atom. The van der Waals surface area contributed by atoms with E-state index in [1.165, 1.54) is 167 Å². The lowest BCUT2D eigenvalue weighted by Crippen LogP contribution is -2.41. The van der Waals surface area contributed by atoms with E-state index in [2.05, 4.69) is 328 Å². The number of fused-ring (bicyclic) bond motifs is 9. The van der Waals surface area contributed by atoms with Crippen LogP contribution in [0.4, 0.5) is 0 Å². The summed E-state index contributed by atoms with van der Waals surface area (Å²) in [5.74, 6) is 0.0417. The highest BCUT2D eigenvalue weighted by atomic mass is 79.9. The number of rotatable bonds is 21. The van der Waals surface area contributed by atoms with Gasteiger partial charge in [0.05, 0.1) is 38.9 Å². The predicted octanol–water partition coefficient (Wildman–Crippen LogP) is 26.5. The molecule has 2 fully saturated rings. The first-order valence-corrected chi connectivity index (χ1v) is 42.2. The number of halogens is 4. The summed E-state index contributed by atoms with van der Waals surface area (Å²) in [5.41, 5.74) is 20.1. The molecule has 10 aromatic carbocycles. The second kappa shape index (κ2) is 32.1. The standard InChI is InChI=1S/C60H76B2O4.C22H19Br2N.C13H8Br2O/c1-11-13-15-17-19-25-39-59(40-26-20-18-16-14-12-2)51-29-23-21-27-47(51)49-42-54-50(41-53(49)59)48-28-22-24-30-52(48)60(54,43-31-35-45(36-32-43)61-63-55(3,4)56(5,6)64-61)44-33-37-46(38-34-44)62-65-57(7,8)58(9,10)66-62;1-22(2,3)14-4-8-17(9-5-14)25-20-10-6-15(23)12-18(20)19-13-16(24)7-11-21(19)25;14-11-5-1-9(2-6-11)13(16)10-3-7-12(15)8-4-10/h21-24,27-38,41-42H,11-20,25-26,39-40H2,1-10H3;4-13H,1-3H3;1-8H. The van der Waals surface area contributed by atoms with Crippen LogP contribution in [0, 0.1) is 0 Å². The molecule has 6 nitrogen and oxygen atoms in total. The fourth-order valence-corrected chi connectivity index (χ4v) is 17.8. The molecule has 107 heavy (non-hydrogen) atoms. The lowest BCUT2D eigenvalue weighted by molar-refractivity contribution is 0.00578.